The fourth-order valence-electron chi connectivity index (χ4n) is 4.74. The summed E-state index contributed by atoms with van der Waals surface area (Å²) in [6, 6.07) is 20.6. The van der Waals surface area contributed by atoms with E-state index in [-0.39, 0.29) is 35.7 Å². The van der Waals surface area contributed by atoms with Crippen LogP contribution in [0.25, 0.3) is 0 Å². The van der Waals surface area contributed by atoms with Gasteiger partial charge in [-0.3, -0.25) is 0 Å². The molecule has 0 unspecified atom stereocenters. The summed E-state index contributed by atoms with van der Waals surface area (Å²) in [7, 11) is 0. The first-order valence-electron chi connectivity index (χ1n) is 12.1. The maximum atomic E-state index is 6.46. The van der Waals surface area contributed by atoms with Crippen LogP contribution < -0.4 is 0 Å². The van der Waals surface area contributed by atoms with Crippen LogP contribution in [-0.4, -0.2) is 30.2 Å². The fraction of sp³-hybridized carbons (Fsp3) is 0.517. The van der Waals surface area contributed by atoms with Gasteiger partial charge in [-0.15, -0.1) is 0 Å². The molecule has 4 nitrogen and oxygen atoms in total. The van der Waals surface area contributed by atoms with Crippen molar-refractivity contribution in [1.82, 2.24) is 0 Å². The van der Waals surface area contributed by atoms with Gasteiger partial charge in [-0.05, 0) is 36.8 Å². The van der Waals surface area contributed by atoms with E-state index in [1.54, 1.807) is 0 Å². The lowest BCUT2D eigenvalue weighted by Crippen LogP contribution is -2.44. The summed E-state index contributed by atoms with van der Waals surface area (Å²) in [5.41, 5.74) is 2.31. The number of benzene rings is 2. The van der Waals surface area contributed by atoms with Crippen molar-refractivity contribution in [3.8, 4) is 0 Å². The van der Waals surface area contributed by atoms with Gasteiger partial charge in [0, 0.05) is 5.92 Å². The topological polar surface area (TPSA) is 36.9 Å². The molecule has 0 saturated carbocycles. The number of hydrogen-bond acceptors (Lipinski definition) is 4. The third-order valence-electron chi connectivity index (χ3n) is 6.42. The standard InChI is InChI=1S/C29H38O4/c1-28(2,3)27-26(32-29(4,5)33-27)23-16-17-24(30-19-21-12-8-6-9-13-21)25(18-23)31-20-22-14-10-7-11-15-22/h6-17,23-27H,18-20H2,1-5H3/t23-,24-,25+,26+,27-/m1/s1. The van der Waals surface area contributed by atoms with Crippen LogP contribution in [0.2, 0.25) is 0 Å². The minimum Gasteiger partial charge on any atom is -0.370 e. The molecule has 2 aromatic rings. The van der Waals surface area contributed by atoms with Crippen LogP contribution in [0.5, 0.6) is 0 Å². The number of rotatable bonds is 7. The van der Waals surface area contributed by atoms with Crippen LogP contribution in [0.4, 0.5) is 0 Å². The Balaban J connectivity index is 1.50. The first-order chi connectivity index (χ1) is 15.7. The van der Waals surface area contributed by atoms with Gasteiger partial charge < -0.3 is 18.9 Å². The highest BCUT2D eigenvalue weighted by Gasteiger charge is 2.50. The maximum absolute atomic E-state index is 6.46. The first kappa shape index (κ1) is 24.2. The van der Waals surface area contributed by atoms with Crippen molar-refractivity contribution in [1.29, 1.82) is 0 Å². The molecule has 0 amide bonds. The van der Waals surface area contributed by atoms with Gasteiger partial charge in [-0.1, -0.05) is 93.6 Å². The average Bonchev–Trinajstić information content (AvgIpc) is 3.14. The second-order valence-electron chi connectivity index (χ2n) is 10.8. The van der Waals surface area contributed by atoms with Gasteiger partial charge in [0.1, 0.15) is 6.10 Å². The molecule has 2 aromatic carbocycles. The Bertz CT molecular complexity index is 900. The summed E-state index contributed by atoms with van der Waals surface area (Å²) in [5.74, 6) is -0.384. The van der Waals surface area contributed by atoms with Crippen LogP contribution >= 0.6 is 0 Å². The zero-order valence-electron chi connectivity index (χ0n) is 20.6. The molecule has 1 heterocycles. The molecular weight excluding hydrogens is 412 g/mol. The van der Waals surface area contributed by atoms with Crippen LogP contribution in [0.1, 0.15) is 52.2 Å². The van der Waals surface area contributed by atoms with Crippen molar-refractivity contribution >= 4 is 0 Å². The van der Waals surface area contributed by atoms with E-state index in [0.717, 1.165) is 12.0 Å². The van der Waals surface area contributed by atoms with E-state index in [2.05, 4.69) is 57.2 Å². The predicted octanol–water partition coefficient (Wildman–Crippen LogP) is 6.30. The van der Waals surface area contributed by atoms with E-state index in [0.29, 0.717) is 13.2 Å². The van der Waals surface area contributed by atoms with E-state index in [4.69, 9.17) is 18.9 Å². The quantitative estimate of drug-likeness (QED) is 0.464. The van der Waals surface area contributed by atoms with Crippen molar-refractivity contribution < 1.29 is 18.9 Å². The van der Waals surface area contributed by atoms with Crippen LogP contribution in [-0.2, 0) is 32.2 Å². The predicted molar refractivity (Wildman–Crippen MR) is 131 cm³/mol. The Morgan fingerprint density at radius 1 is 0.818 bits per heavy atom. The Morgan fingerprint density at radius 3 is 1.97 bits per heavy atom. The molecule has 0 aromatic heterocycles. The summed E-state index contributed by atoms with van der Waals surface area (Å²) in [6.07, 6.45) is 5.09. The lowest BCUT2D eigenvalue weighted by atomic mass is 9.78. The molecule has 1 aliphatic heterocycles. The SMILES string of the molecule is CC1(C)O[C@@H]([C@@H]2C=C[C@@H](OCc3ccccc3)[C@@H](OCc3ccccc3)C2)[C@H](C(C)(C)C)O1. The lowest BCUT2D eigenvalue weighted by Gasteiger charge is -2.37. The Hall–Kier alpha value is -1.98. The number of hydrogen-bond donors (Lipinski definition) is 0. The third-order valence-corrected chi connectivity index (χ3v) is 6.42. The summed E-state index contributed by atoms with van der Waals surface area (Å²) in [5, 5.41) is 0. The van der Waals surface area contributed by atoms with E-state index >= 15 is 0 Å². The molecule has 0 spiro atoms. The van der Waals surface area contributed by atoms with E-state index < -0.39 is 5.79 Å². The molecule has 1 saturated heterocycles. The molecule has 4 rings (SSSR count). The maximum Gasteiger partial charge on any atom is 0.163 e. The average molecular weight is 451 g/mol. The van der Waals surface area contributed by atoms with Gasteiger partial charge in [0.05, 0.1) is 31.5 Å². The van der Waals surface area contributed by atoms with Gasteiger partial charge in [0.2, 0.25) is 0 Å². The molecule has 178 valence electrons. The molecule has 1 aliphatic carbocycles. The highest BCUT2D eigenvalue weighted by molar-refractivity contribution is 5.16. The van der Waals surface area contributed by atoms with Crippen LogP contribution in [0.15, 0.2) is 72.8 Å². The van der Waals surface area contributed by atoms with Gasteiger partial charge in [-0.2, -0.15) is 0 Å². The van der Waals surface area contributed by atoms with Gasteiger partial charge >= 0.3 is 0 Å². The minimum atomic E-state index is -0.586. The molecule has 0 radical (unpaired) electrons. The highest BCUT2D eigenvalue weighted by Crippen LogP contribution is 2.43. The van der Waals surface area contributed by atoms with Crippen LogP contribution in [0.3, 0.4) is 0 Å². The highest BCUT2D eigenvalue weighted by atomic mass is 16.8. The molecule has 2 aliphatic rings. The zero-order valence-corrected chi connectivity index (χ0v) is 20.6. The normalized spacial score (nSPS) is 29.3. The fourth-order valence-corrected chi connectivity index (χ4v) is 4.74. The molecule has 4 heteroatoms. The molecule has 0 N–H and O–H groups in total. The second-order valence-corrected chi connectivity index (χ2v) is 10.8. The van der Waals surface area contributed by atoms with Crippen molar-refractivity contribution in [2.45, 2.75) is 84.5 Å². The van der Waals surface area contributed by atoms with Crippen molar-refractivity contribution in [2.24, 2.45) is 11.3 Å². The van der Waals surface area contributed by atoms with Gasteiger partial charge in [0.25, 0.3) is 0 Å². The molecular formula is C29H38O4. The molecule has 5 atom stereocenters. The Kier molecular flexibility index (Phi) is 7.40. The minimum absolute atomic E-state index is 0.0127. The Labute approximate surface area is 198 Å². The van der Waals surface area contributed by atoms with E-state index in [1.807, 2.05) is 50.2 Å². The monoisotopic (exact) mass is 450 g/mol. The smallest absolute Gasteiger partial charge is 0.163 e. The summed E-state index contributed by atoms with van der Waals surface area (Å²) in [4.78, 5) is 0. The molecule has 1 fully saturated rings. The lowest BCUT2D eigenvalue weighted by molar-refractivity contribution is -0.158. The van der Waals surface area contributed by atoms with E-state index in [1.165, 1.54) is 5.56 Å². The van der Waals surface area contributed by atoms with E-state index in [9.17, 15) is 0 Å². The van der Waals surface area contributed by atoms with Crippen LogP contribution in [0, 0.1) is 11.3 Å². The van der Waals surface area contributed by atoms with Crippen molar-refractivity contribution in [3.63, 3.8) is 0 Å². The van der Waals surface area contributed by atoms with Crippen molar-refractivity contribution in [2.75, 3.05) is 0 Å². The summed E-state index contributed by atoms with van der Waals surface area (Å²) < 4.78 is 25.6. The Morgan fingerprint density at radius 2 is 1.39 bits per heavy atom. The van der Waals surface area contributed by atoms with Gasteiger partial charge in [-0.25, -0.2) is 0 Å². The van der Waals surface area contributed by atoms with Crippen molar-refractivity contribution in [3.05, 3.63) is 83.9 Å². The molecule has 0 bridgehead atoms. The third kappa shape index (κ3) is 6.33. The summed E-state index contributed by atoms with van der Waals surface area (Å²) >= 11 is 0. The second kappa shape index (κ2) is 10.1. The van der Waals surface area contributed by atoms with Gasteiger partial charge in [0.15, 0.2) is 5.79 Å². The number of ether oxygens (including phenoxy) is 4. The summed E-state index contributed by atoms with van der Waals surface area (Å²) in [6.45, 7) is 11.8. The zero-order chi connectivity index (χ0) is 23.5. The first-order valence-corrected chi connectivity index (χ1v) is 12.1. The largest absolute Gasteiger partial charge is 0.370 e. The molecule has 33 heavy (non-hydrogen) atoms.